The van der Waals surface area contributed by atoms with Gasteiger partial charge in [-0.25, -0.2) is 0 Å². The van der Waals surface area contributed by atoms with Crippen molar-refractivity contribution < 1.29 is 9.59 Å². The highest BCUT2D eigenvalue weighted by Crippen LogP contribution is 2.25. The van der Waals surface area contributed by atoms with E-state index in [1.165, 1.54) is 0 Å². The van der Waals surface area contributed by atoms with Crippen LogP contribution in [0, 0.1) is 5.92 Å². The summed E-state index contributed by atoms with van der Waals surface area (Å²) in [5, 5.41) is 2.90. The Kier molecular flexibility index (Phi) is 4.17. The highest BCUT2D eigenvalue weighted by Gasteiger charge is 2.47. The number of hydrogen-bond acceptors (Lipinski definition) is 2. The molecule has 4 heteroatoms. The third-order valence-electron chi connectivity index (χ3n) is 3.65. The topological polar surface area (TPSA) is 49.4 Å². The molecule has 0 spiro atoms. The Bertz CT molecular complexity index is 309. The van der Waals surface area contributed by atoms with Gasteiger partial charge in [0, 0.05) is 6.54 Å². The highest BCUT2D eigenvalue weighted by atomic mass is 16.2. The second kappa shape index (κ2) is 5.07. The molecular formula is C13H24N2O2. The van der Waals surface area contributed by atoms with Gasteiger partial charge >= 0.3 is 0 Å². The van der Waals surface area contributed by atoms with Crippen LogP contribution in [-0.4, -0.2) is 34.8 Å². The molecule has 1 aliphatic rings. The fourth-order valence-electron chi connectivity index (χ4n) is 2.35. The predicted octanol–water partition coefficient (Wildman–Crippen LogP) is 1.55. The molecule has 0 aromatic heterocycles. The summed E-state index contributed by atoms with van der Waals surface area (Å²) in [4.78, 5) is 26.2. The molecule has 4 nitrogen and oxygen atoms in total. The van der Waals surface area contributed by atoms with Crippen molar-refractivity contribution in [2.24, 2.45) is 5.92 Å². The Hall–Kier alpha value is -1.06. The minimum atomic E-state index is -0.682. The van der Waals surface area contributed by atoms with Gasteiger partial charge in [0.15, 0.2) is 0 Å². The summed E-state index contributed by atoms with van der Waals surface area (Å²) >= 11 is 0. The lowest BCUT2D eigenvalue weighted by Gasteiger charge is -2.45. The van der Waals surface area contributed by atoms with Crippen LogP contribution in [-0.2, 0) is 9.59 Å². The molecule has 0 bridgehead atoms. The smallest absolute Gasteiger partial charge is 0.248 e. The fourth-order valence-corrected chi connectivity index (χ4v) is 2.35. The van der Waals surface area contributed by atoms with Crippen molar-refractivity contribution in [2.45, 2.75) is 59.0 Å². The lowest BCUT2D eigenvalue weighted by molar-refractivity contribution is -0.155. The second-order valence-corrected chi connectivity index (χ2v) is 5.31. The summed E-state index contributed by atoms with van der Waals surface area (Å²) in [7, 11) is 0. The van der Waals surface area contributed by atoms with Gasteiger partial charge in [0.05, 0.1) is 0 Å². The molecule has 1 rings (SSSR count). The minimum Gasteiger partial charge on any atom is -0.340 e. The Labute approximate surface area is 104 Å². The molecule has 1 atom stereocenters. The summed E-state index contributed by atoms with van der Waals surface area (Å²) < 4.78 is 0. The normalized spacial score (nSPS) is 24.1. The van der Waals surface area contributed by atoms with Gasteiger partial charge in [-0.3, -0.25) is 9.59 Å². The van der Waals surface area contributed by atoms with Crippen molar-refractivity contribution in [1.82, 2.24) is 10.2 Å². The van der Waals surface area contributed by atoms with Crippen LogP contribution in [0.15, 0.2) is 0 Å². The van der Waals surface area contributed by atoms with E-state index < -0.39 is 5.54 Å². The van der Waals surface area contributed by atoms with Crippen LogP contribution in [0.25, 0.3) is 0 Å². The zero-order valence-electron chi connectivity index (χ0n) is 11.5. The average molecular weight is 240 g/mol. The van der Waals surface area contributed by atoms with Gasteiger partial charge in [-0.2, -0.15) is 0 Å². The molecule has 0 saturated carbocycles. The van der Waals surface area contributed by atoms with E-state index in [0.29, 0.717) is 25.3 Å². The van der Waals surface area contributed by atoms with E-state index in [1.807, 2.05) is 13.8 Å². The van der Waals surface area contributed by atoms with Crippen LogP contribution < -0.4 is 5.32 Å². The molecule has 0 radical (unpaired) electrons. The Morgan fingerprint density at radius 1 is 1.29 bits per heavy atom. The number of nitrogens with zero attached hydrogens (tertiary/aromatic N) is 1. The van der Waals surface area contributed by atoms with Crippen LogP contribution >= 0.6 is 0 Å². The largest absolute Gasteiger partial charge is 0.340 e. The number of piperazine rings is 1. The molecule has 0 aromatic rings. The summed E-state index contributed by atoms with van der Waals surface area (Å²) in [5.41, 5.74) is -0.682. The van der Waals surface area contributed by atoms with Crippen molar-refractivity contribution in [3.8, 4) is 0 Å². The molecule has 1 unspecified atom stereocenters. The van der Waals surface area contributed by atoms with Gasteiger partial charge in [-0.1, -0.05) is 27.7 Å². The van der Waals surface area contributed by atoms with E-state index in [2.05, 4.69) is 19.2 Å². The molecule has 2 amide bonds. The Balaban J connectivity index is 3.02. The van der Waals surface area contributed by atoms with E-state index in [1.54, 1.807) is 11.8 Å². The van der Waals surface area contributed by atoms with Gasteiger partial charge in [0.25, 0.3) is 0 Å². The third-order valence-corrected chi connectivity index (χ3v) is 3.65. The number of amides is 2. The molecular weight excluding hydrogens is 216 g/mol. The maximum absolute atomic E-state index is 12.5. The van der Waals surface area contributed by atoms with E-state index in [4.69, 9.17) is 0 Å². The molecule has 1 N–H and O–H groups in total. The summed E-state index contributed by atoms with van der Waals surface area (Å²) in [5.74, 6) is 0.413. The maximum atomic E-state index is 12.5. The lowest BCUT2D eigenvalue weighted by atomic mass is 9.87. The van der Waals surface area contributed by atoms with E-state index >= 15 is 0 Å². The lowest BCUT2D eigenvalue weighted by Crippen LogP contribution is -2.69. The number of rotatable bonds is 4. The first-order valence-corrected chi connectivity index (χ1v) is 6.51. The fraction of sp³-hybridized carbons (Fsp3) is 0.846. The monoisotopic (exact) mass is 240 g/mol. The third kappa shape index (κ3) is 2.45. The van der Waals surface area contributed by atoms with Gasteiger partial charge in [0.2, 0.25) is 11.8 Å². The molecule has 1 heterocycles. The molecule has 98 valence electrons. The zero-order valence-corrected chi connectivity index (χ0v) is 11.5. The second-order valence-electron chi connectivity index (χ2n) is 5.31. The quantitative estimate of drug-likeness (QED) is 0.810. The molecule has 0 aliphatic carbocycles. The summed E-state index contributed by atoms with van der Waals surface area (Å²) in [6.45, 7) is 10.5. The maximum Gasteiger partial charge on any atom is 0.248 e. The molecule has 1 aliphatic heterocycles. The van der Waals surface area contributed by atoms with Crippen molar-refractivity contribution >= 4 is 11.8 Å². The summed E-state index contributed by atoms with van der Waals surface area (Å²) in [6.07, 6.45) is 1.30. The van der Waals surface area contributed by atoms with Crippen molar-refractivity contribution in [1.29, 1.82) is 0 Å². The molecule has 0 aromatic carbocycles. The SMILES string of the molecule is CCC1(CC)NC(=O)C(C)N(CC(C)C)C1=O. The summed E-state index contributed by atoms with van der Waals surface area (Å²) in [6, 6.07) is -0.351. The first-order valence-electron chi connectivity index (χ1n) is 6.51. The van der Waals surface area contributed by atoms with Crippen LogP contribution in [0.3, 0.4) is 0 Å². The van der Waals surface area contributed by atoms with Crippen molar-refractivity contribution in [3.05, 3.63) is 0 Å². The Morgan fingerprint density at radius 3 is 2.24 bits per heavy atom. The van der Waals surface area contributed by atoms with Crippen LogP contribution in [0.5, 0.6) is 0 Å². The van der Waals surface area contributed by atoms with Gasteiger partial charge in [-0.15, -0.1) is 0 Å². The number of nitrogens with one attached hydrogen (secondary N) is 1. The van der Waals surface area contributed by atoms with Gasteiger partial charge < -0.3 is 10.2 Å². The van der Waals surface area contributed by atoms with E-state index in [-0.39, 0.29) is 17.9 Å². The Morgan fingerprint density at radius 2 is 1.82 bits per heavy atom. The number of carbonyl (C=O) groups excluding carboxylic acids is 2. The van der Waals surface area contributed by atoms with E-state index in [0.717, 1.165) is 0 Å². The van der Waals surface area contributed by atoms with E-state index in [9.17, 15) is 9.59 Å². The first kappa shape index (κ1) is 14.0. The highest BCUT2D eigenvalue weighted by molar-refractivity contribution is 5.99. The predicted molar refractivity (Wildman–Crippen MR) is 67.5 cm³/mol. The number of hydrogen-bond donors (Lipinski definition) is 1. The minimum absolute atomic E-state index is 0.0334. The van der Waals surface area contributed by atoms with Crippen molar-refractivity contribution in [3.63, 3.8) is 0 Å². The number of carbonyl (C=O) groups is 2. The van der Waals surface area contributed by atoms with Gasteiger partial charge in [0.1, 0.15) is 11.6 Å². The van der Waals surface area contributed by atoms with Crippen LogP contribution in [0.1, 0.15) is 47.5 Å². The van der Waals surface area contributed by atoms with Crippen LogP contribution in [0.2, 0.25) is 0 Å². The van der Waals surface area contributed by atoms with Crippen molar-refractivity contribution in [2.75, 3.05) is 6.54 Å². The van der Waals surface area contributed by atoms with Gasteiger partial charge in [-0.05, 0) is 25.7 Å². The molecule has 1 fully saturated rings. The standard InChI is InChI=1S/C13H24N2O2/c1-6-13(7-2)12(17)15(8-9(3)4)10(5)11(16)14-13/h9-10H,6-8H2,1-5H3,(H,14,16). The first-order chi connectivity index (χ1) is 7.88. The zero-order chi connectivity index (χ0) is 13.2. The average Bonchev–Trinajstić information content (AvgIpc) is 2.29. The van der Waals surface area contributed by atoms with Crippen LogP contribution in [0.4, 0.5) is 0 Å². The molecule has 17 heavy (non-hydrogen) atoms. The molecule has 1 saturated heterocycles.